The van der Waals surface area contributed by atoms with Crippen LogP contribution in [0.1, 0.15) is 20.4 Å². The maximum Gasteiger partial charge on any atom is 0.286 e. The lowest BCUT2D eigenvalue weighted by molar-refractivity contribution is 0.102. The van der Waals surface area contributed by atoms with Crippen LogP contribution in [0.3, 0.4) is 0 Å². The third kappa shape index (κ3) is 3.92. The molecule has 0 fully saturated rings. The summed E-state index contributed by atoms with van der Waals surface area (Å²) in [4.78, 5) is 16.9. The molecule has 0 aliphatic rings. The molecule has 8 heteroatoms. The summed E-state index contributed by atoms with van der Waals surface area (Å²) in [6.07, 6.45) is 0. The molecule has 5 nitrogen and oxygen atoms in total. The van der Waals surface area contributed by atoms with Gasteiger partial charge >= 0.3 is 0 Å². The number of hydrogen-bond acceptors (Lipinski definition) is 7. The molecule has 0 aliphatic carbocycles. The number of aromatic nitrogens is 3. The Bertz CT molecular complexity index is 1020. The lowest BCUT2D eigenvalue weighted by Crippen LogP contribution is -2.11. The largest absolute Gasteiger partial charge is 0.320 e. The van der Waals surface area contributed by atoms with Gasteiger partial charge in [-0.05, 0) is 31.2 Å². The van der Waals surface area contributed by atoms with E-state index in [1.807, 2.05) is 49.4 Å². The predicted molar refractivity (Wildman–Crippen MR) is 108 cm³/mol. The van der Waals surface area contributed by atoms with Crippen molar-refractivity contribution in [3.05, 3.63) is 64.1 Å². The van der Waals surface area contributed by atoms with Gasteiger partial charge in [0.05, 0.1) is 16.0 Å². The molecule has 1 N–H and O–H groups in total. The summed E-state index contributed by atoms with van der Waals surface area (Å²) in [5.74, 6) is 0.414. The van der Waals surface area contributed by atoms with Gasteiger partial charge in [0.15, 0.2) is 4.34 Å². The van der Waals surface area contributed by atoms with Crippen molar-refractivity contribution in [2.75, 3.05) is 5.32 Å². The van der Waals surface area contributed by atoms with Crippen LogP contribution >= 0.6 is 34.4 Å². The smallest absolute Gasteiger partial charge is 0.286 e. The Kier molecular flexibility index (Phi) is 4.96. The predicted octanol–water partition coefficient (Wildman–Crippen LogP) is 5.00. The number of amides is 1. The van der Waals surface area contributed by atoms with E-state index in [1.54, 1.807) is 23.1 Å². The van der Waals surface area contributed by atoms with Crippen LogP contribution in [0.15, 0.2) is 52.9 Å². The van der Waals surface area contributed by atoms with Crippen LogP contribution in [-0.2, 0) is 5.75 Å². The van der Waals surface area contributed by atoms with Gasteiger partial charge in [-0.3, -0.25) is 4.79 Å². The minimum absolute atomic E-state index is 0.234. The molecule has 1 amide bonds. The monoisotopic (exact) mass is 398 g/mol. The second-order valence-electron chi connectivity index (χ2n) is 5.56. The Balaban J connectivity index is 1.39. The highest BCUT2D eigenvalue weighted by molar-refractivity contribution is 8.00. The maximum absolute atomic E-state index is 12.3. The maximum atomic E-state index is 12.3. The van der Waals surface area contributed by atoms with Crippen molar-refractivity contribution in [3.8, 4) is 0 Å². The summed E-state index contributed by atoms with van der Waals surface area (Å²) < 4.78 is 2.16. The number of thioether (sulfide) groups is 1. The number of para-hydroxylation sites is 1. The molecule has 2 aromatic heterocycles. The van der Waals surface area contributed by atoms with Crippen molar-refractivity contribution in [3.63, 3.8) is 0 Å². The Morgan fingerprint density at radius 1 is 1.08 bits per heavy atom. The van der Waals surface area contributed by atoms with E-state index in [1.165, 1.54) is 16.0 Å². The van der Waals surface area contributed by atoms with Crippen LogP contribution in [0.25, 0.3) is 10.2 Å². The second kappa shape index (κ2) is 7.53. The average Bonchev–Trinajstić information content (AvgIpc) is 3.28. The van der Waals surface area contributed by atoms with Crippen LogP contribution in [0.5, 0.6) is 0 Å². The molecule has 0 saturated heterocycles. The normalized spacial score (nSPS) is 11.0. The molecule has 4 aromatic rings. The number of carbonyl (C=O) groups is 1. The minimum atomic E-state index is -0.234. The standard InChI is InChI=1S/C18H14N4OS3/c1-11-6-8-12(9-7-11)19-16(23)17-22-21-15(26-17)10-24-18-20-13-4-2-3-5-14(13)25-18/h2-9H,10H2,1H3,(H,19,23). The first kappa shape index (κ1) is 17.1. The number of thiazole rings is 1. The highest BCUT2D eigenvalue weighted by Gasteiger charge is 2.14. The Morgan fingerprint density at radius 3 is 2.69 bits per heavy atom. The van der Waals surface area contributed by atoms with Crippen LogP contribution in [0.2, 0.25) is 0 Å². The molecular weight excluding hydrogens is 384 g/mol. The molecule has 0 aliphatic heterocycles. The first-order valence-electron chi connectivity index (χ1n) is 7.86. The summed E-state index contributed by atoms with van der Waals surface area (Å²) in [6.45, 7) is 2.01. The van der Waals surface area contributed by atoms with Crippen molar-refractivity contribution in [1.29, 1.82) is 0 Å². The van der Waals surface area contributed by atoms with E-state index in [0.717, 1.165) is 26.1 Å². The van der Waals surface area contributed by atoms with Gasteiger partial charge in [-0.1, -0.05) is 52.9 Å². The number of aryl methyl sites for hydroxylation is 1. The molecule has 0 saturated carbocycles. The second-order valence-corrected chi connectivity index (χ2v) is 8.87. The highest BCUT2D eigenvalue weighted by atomic mass is 32.2. The highest BCUT2D eigenvalue weighted by Crippen LogP contribution is 2.31. The molecule has 26 heavy (non-hydrogen) atoms. The SMILES string of the molecule is Cc1ccc(NC(=O)c2nnc(CSc3nc4ccccc4s3)s2)cc1. The zero-order chi connectivity index (χ0) is 17.9. The van der Waals surface area contributed by atoms with Gasteiger partial charge in [-0.25, -0.2) is 4.98 Å². The fourth-order valence-electron chi connectivity index (χ4n) is 2.26. The van der Waals surface area contributed by atoms with E-state index in [4.69, 9.17) is 0 Å². The molecular formula is C18H14N4OS3. The number of benzene rings is 2. The van der Waals surface area contributed by atoms with Crippen LogP contribution in [0.4, 0.5) is 5.69 Å². The van der Waals surface area contributed by atoms with Gasteiger partial charge in [-0.2, -0.15) is 0 Å². The molecule has 0 radical (unpaired) electrons. The molecule has 0 bridgehead atoms. The molecule has 0 atom stereocenters. The molecule has 2 heterocycles. The zero-order valence-electron chi connectivity index (χ0n) is 13.8. The molecule has 0 spiro atoms. The lowest BCUT2D eigenvalue weighted by atomic mass is 10.2. The van der Waals surface area contributed by atoms with Gasteiger partial charge in [0.25, 0.3) is 5.91 Å². The zero-order valence-corrected chi connectivity index (χ0v) is 16.3. The molecule has 2 aromatic carbocycles. The minimum Gasteiger partial charge on any atom is -0.320 e. The van der Waals surface area contributed by atoms with Crippen molar-refractivity contribution < 1.29 is 4.79 Å². The number of nitrogens with one attached hydrogen (secondary N) is 1. The average molecular weight is 399 g/mol. The summed E-state index contributed by atoms with van der Waals surface area (Å²) in [6, 6.07) is 15.7. The van der Waals surface area contributed by atoms with E-state index in [2.05, 4.69) is 26.6 Å². The van der Waals surface area contributed by atoms with E-state index in [-0.39, 0.29) is 5.91 Å². The van der Waals surface area contributed by atoms with E-state index < -0.39 is 0 Å². The van der Waals surface area contributed by atoms with Crippen molar-refractivity contribution in [2.24, 2.45) is 0 Å². The third-order valence-corrected chi connectivity index (χ3v) is 6.86. The van der Waals surface area contributed by atoms with Crippen LogP contribution in [-0.4, -0.2) is 21.1 Å². The van der Waals surface area contributed by atoms with Gasteiger partial charge in [0.1, 0.15) is 5.01 Å². The number of nitrogens with zero attached hydrogens (tertiary/aromatic N) is 3. The van der Waals surface area contributed by atoms with Gasteiger partial charge in [-0.15, -0.1) is 21.5 Å². The number of fused-ring (bicyclic) bond motifs is 1. The first-order chi connectivity index (χ1) is 12.7. The topological polar surface area (TPSA) is 67.8 Å². The van der Waals surface area contributed by atoms with Gasteiger partial charge < -0.3 is 5.32 Å². The van der Waals surface area contributed by atoms with Crippen LogP contribution < -0.4 is 5.32 Å². The van der Waals surface area contributed by atoms with Crippen molar-refractivity contribution in [2.45, 2.75) is 17.0 Å². The summed E-state index contributed by atoms with van der Waals surface area (Å²) in [7, 11) is 0. The Morgan fingerprint density at radius 2 is 1.88 bits per heavy atom. The quantitative estimate of drug-likeness (QED) is 0.479. The summed E-state index contributed by atoms with van der Waals surface area (Å²) >= 11 is 4.59. The number of rotatable bonds is 5. The fourth-order valence-corrected chi connectivity index (χ4v) is 5.05. The Labute approximate surface area is 162 Å². The van der Waals surface area contributed by atoms with E-state index >= 15 is 0 Å². The fraction of sp³-hybridized carbons (Fsp3) is 0.111. The summed E-state index contributed by atoms with van der Waals surface area (Å²) in [5, 5.41) is 12.2. The van der Waals surface area contributed by atoms with E-state index in [9.17, 15) is 4.79 Å². The lowest BCUT2D eigenvalue weighted by Gasteiger charge is -2.02. The Hall–Kier alpha value is -2.29. The number of hydrogen-bond donors (Lipinski definition) is 1. The van der Waals surface area contributed by atoms with Gasteiger partial charge in [0, 0.05) is 5.69 Å². The third-order valence-electron chi connectivity index (χ3n) is 3.56. The van der Waals surface area contributed by atoms with E-state index in [0.29, 0.717) is 10.8 Å². The van der Waals surface area contributed by atoms with Gasteiger partial charge in [0.2, 0.25) is 5.01 Å². The molecule has 0 unspecified atom stereocenters. The van der Waals surface area contributed by atoms with Crippen molar-refractivity contribution in [1.82, 2.24) is 15.2 Å². The molecule has 130 valence electrons. The number of carbonyl (C=O) groups excluding carboxylic acids is 1. The van der Waals surface area contributed by atoms with Crippen molar-refractivity contribution >= 4 is 56.2 Å². The van der Waals surface area contributed by atoms with Crippen LogP contribution in [0, 0.1) is 6.92 Å². The molecule has 4 rings (SSSR count). The number of anilines is 1. The summed E-state index contributed by atoms with van der Waals surface area (Å²) in [5.41, 5.74) is 2.91. The first-order valence-corrected chi connectivity index (χ1v) is 10.5.